The summed E-state index contributed by atoms with van der Waals surface area (Å²) < 4.78 is 24.2. The van der Waals surface area contributed by atoms with Crippen LogP contribution in [0.1, 0.15) is 33.6 Å². The van der Waals surface area contributed by atoms with E-state index in [0.29, 0.717) is 29.1 Å². The van der Waals surface area contributed by atoms with E-state index in [4.69, 9.17) is 18.9 Å². The Hall–Kier alpha value is -1.53. The van der Waals surface area contributed by atoms with Crippen molar-refractivity contribution in [2.75, 3.05) is 13.7 Å². The quantitative estimate of drug-likeness (QED) is 0.677. The van der Waals surface area contributed by atoms with Gasteiger partial charge in [-0.3, -0.25) is 4.90 Å². The summed E-state index contributed by atoms with van der Waals surface area (Å²) in [5, 5.41) is 0. The minimum absolute atomic E-state index is 0.100. The summed E-state index contributed by atoms with van der Waals surface area (Å²) in [5.41, 5.74) is 0.600. The fraction of sp³-hybridized carbons (Fsp3) is 0.737. The molecule has 8 atom stereocenters. The average Bonchev–Trinajstić information content (AvgIpc) is 3.26. The number of carbonyl (C=O) groups excluding carboxylic acids is 1. The van der Waals surface area contributed by atoms with Gasteiger partial charge in [0.2, 0.25) is 11.5 Å². The lowest BCUT2D eigenvalue weighted by molar-refractivity contribution is -0.255. The van der Waals surface area contributed by atoms with Crippen LogP contribution in [0.15, 0.2) is 22.9 Å². The number of allylic oxidation sites excluding steroid dienone is 1. The fourth-order valence-corrected chi connectivity index (χ4v) is 6.93. The topological polar surface area (TPSA) is 57.2 Å². The number of ether oxygens (including phenoxy) is 4. The number of methoxy groups -OCH3 is 1. The summed E-state index contributed by atoms with van der Waals surface area (Å²) in [6.07, 6.45) is 2.45. The Bertz CT molecular complexity index is 787. The lowest BCUT2D eigenvalue weighted by Crippen LogP contribution is -2.60. The van der Waals surface area contributed by atoms with Crippen LogP contribution in [0.2, 0.25) is 0 Å². The second-order valence-electron chi connectivity index (χ2n) is 8.55. The van der Waals surface area contributed by atoms with E-state index in [1.54, 1.807) is 14.0 Å². The van der Waals surface area contributed by atoms with E-state index in [1.807, 2.05) is 0 Å². The van der Waals surface area contributed by atoms with Crippen molar-refractivity contribution in [2.45, 2.75) is 57.1 Å². The SMILES string of the molecule is COC1=C(C)C(=O)OC1=C1O[C@@]23O[C@H]4C[C@H]([C@H]2[C@@H]1C)N1CC[C@@H]3[C@@]41C. The first-order valence-corrected chi connectivity index (χ1v) is 9.28. The van der Waals surface area contributed by atoms with Crippen molar-refractivity contribution in [3.63, 3.8) is 0 Å². The van der Waals surface area contributed by atoms with Gasteiger partial charge in [-0.25, -0.2) is 4.79 Å². The van der Waals surface area contributed by atoms with Crippen molar-refractivity contribution >= 4 is 5.97 Å². The molecule has 0 N–H and O–H groups in total. The molecule has 0 aromatic carbocycles. The molecule has 0 aliphatic carbocycles. The summed E-state index contributed by atoms with van der Waals surface area (Å²) in [7, 11) is 1.57. The van der Waals surface area contributed by atoms with E-state index in [2.05, 4.69) is 18.7 Å². The number of hydrogen-bond acceptors (Lipinski definition) is 6. The summed E-state index contributed by atoms with van der Waals surface area (Å²) in [4.78, 5) is 14.7. The Morgan fingerprint density at radius 1 is 1.36 bits per heavy atom. The van der Waals surface area contributed by atoms with Crippen molar-refractivity contribution in [1.29, 1.82) is 0 Å². The third-order valence-electron chi connectivity index (χ3n) is 7.88. The molecule has 1 unspecified atom stereocenters. The molecule has 0 amide bonds. The first kappa shape index (κ1) is 14.6. The Kier molecular flexibility index (Phi) is 2.38. The number of fused-ring (bicyclic) bond motifs is 1. The second-order valence-corrected chi connectivity index (χ2v) is 8.55. The highest BCUT2D eigenvalue weighted by molar-refractivity contribution is 5.93. The Morgan fingerprint density at radius 2 is 2.16 bits per heavy atom. The molecule has 6 aliphatic rings. The highest BCUT2D eigenvalue weighted by Gasteiger charge is 2.83. The van der Waals surface area contributed by atoms with Crippen molar-refractivity contribution < 1.29 is 23.7 Å². The molecule has 6 heterocycles. The number of rotatable bonds is 1. The Balaban J connectivity index is 1.52. The number of nitrogens with zero attached hydrogens (tertiary/aromatic N) is 1. The summed E-state index contributed by atoms with van der Waals surface area (Å²) in [6.45, 7) is 7.39. The van der Waals surface area contributed by atoms with Crippen molar-refractivity contribution in [3.8, 4) is 0 Å². The standard InChI is InChI=1S/C19H23NO5/c1-8-13-10-7-12-18(3)11(5-6-20(10)18)19(13,24-12)25-15(8)16-14(22-4)9(2)17(21)23-16/h8,10-13H,5-7H2,1-4H3/t8-,10+,11+,12-,13+,18-,19+/m0/s1. The Labute approximate surface area is 146 Å². The molecule has 134 valence electrons. The molecule has 6 nitrogen and oxygen atoms in total. The van der Waals surface area contributed by atoms with Crippen LogP contribution in [0.25, 0.3) is 0 Å². The number of piperidine rings is 1. The number of esters is 1. The van der Waals surface area contributed by atoms with Gasteiger partial charge in [0, 0.05) is 17.9 Å². The van der Waals surface area contributed by atoms with Gasteiger partial charge in [-0.2, -0.15) is 0 Å². The zero-order valence-electron chi connectivity index (χ0n) is 15.0. The zero-order valence-corrected chi connectivity index (χ0v) is 15.0. The molecule has 5 fully saturated rings. The number of cyclic esters (lactones) is 1. The summed E-state index contributed by atoms with van der Waals surface area (Å²) in [6, 6.07) is 0.490. The monoisotopic (exact) mass is 345 g/mol. The van der Waals surface area contributed by atoms with E-state index in [1.165, 1.54) is 0 Å². The van der Waals surface area contributed by atoms with E-state index in [-0.39, 0.29) is 29.4 Å². The third-order valence-corrected chi connectivity index (χ3v) is 7.88. The summed E-state index contributed by atoms with van der Waals surface area (Å²) in [5.74, 6) is 1.58. The van der Waals surface area contributed by atoms with Crippen LogP contribution in [0.4, 0.5) is 0 Å². The van der Waals surface area contributed by atoms with Crippen LogP contribution in [0, 0.1) is 17.8 Å². The molecule has 0 aromatic heterocycles. The maximum absolute atomic E-state index is 12.1. The molecule has 0 aromatic rings. The first-order valence-electron chi connectivity index (χ1n) is 9.28. The largest absolute Gasteiger partial charge is 0.492 e. The maximum Gasteiger partial charge on any atom is 0.343 e. The predicted octanol–water partition coefficient (Wildman–Crippen LogP) is 1.92. The van der Waals surface area contributed by atoms with Crippen LogP contribution < -0.4 is 0 Å². The molecule has 25 heavy (non-hydrogen) atoms. The van der Waals surface area contributed by atoms with Gasteiger partial charge in [0.05, 0.1) is 30.2 Å². The van der Waals surface area contributed by atoms with Gasteiger partial charge in [0.25, 0.3) is 0 Å². The van der Waals surface area contributed by atoms with E-state index in [0.717, 1.165) is 25.1 Å². The first-order chi connectivity index (χ1) is 11.9. The van der Waals surface area contributed by atoms with E-state index < -0.39 is 5.79 Å². The van der Waals surface area contributed by atoms with Crippen molar-refractivity contribution in [1.82, 2.24) is 4.90 Å². The third kappa shape index (κ3) is 1.29. The lowest BCUT2D eigenvalue weighted by Gasteiger charge is -2.47. The van der Waals surface area contributed by atoms with Crippen LogP contribution in [0.3, 0.4) is 0 Å². The van der Waals surface area contributed by atoms with Gasteiger partial charge in [-0.1, -0.05) is 6.92 Å². The molecule has 5 saturated heterocycles. The number of carbonyl (C=O) groups is 1. The van der Waals surface area contributed by atoms with Gasteiger partial charge in [0.15, 0.2) is 5.76 Å². The van der Waals surface area contributed by atoms with Crippen molar-refractivity contribution in [2.24, 2.45) is 17.8 Å². The van der Waals surface area contributed by atoms with Gasteiger partial charge >= 0.3 is 5.97 Å². The van der Waals surface area contributed by atoms with E-state index in [9.17, 15) is 4.79 Å². The highest BCUT2D eigenvalue weighted by Crippen LogP contribution is 2.72. The minimum atomic E-state index is -0.557. The van der Waals surface area contributed by atoms with Gasteiger partial charge < -0.3 is 18.9 Å². The minimum Gasteiger partial charge on any atom is -0.492 e. The van der Waals surface area contributed by atoms with Gasteiger partial charge in [0.1, 0.15) is 5.76 Å². The second kappa shape index (κ2) is 4.07. The molecule has 0 saturated carbocycles. The molecule has 5 bridgehead atoms. The Morgan fingerprint density at radius 3 is 2.92 bits per heavy atom. The van der Waals surface area contributed by atoms with Gasteiger partial charge in [-0.05, 0) is 33.2 Å². The molecule has 6 rings (SSSR count). The average molecular weight is 345 g/mol. The van der Waals surface area contributed by atoms with Crippen LogP contribution >= 0.6 is 0 Å². The zero-order chi connectivity index (χ0) is 17.3. The molecular weight excluding hydrogens is 322 g/mol. The van der Waals surface area contributed by atoms with E-state index >= 15 is 0 Å². The van der Waals surface area contributed by atoms with Gasteiger partial charge in [-0.15, -0.1) is 0 Å². The number of hydrogen-bond donors (Lipinski definition) is 0. The fourth-order valence-electron chi connectivity index (χ4n) is 6.93. The van der Waals surface area contributed by atoms with Crippen LogP contribution in [-0.4, -0.2) is 48.0 Å². The highest BCUT2D eigenvalue weighted by atomic mass is 16.7. The van der Waals surface area contributed by atoms with Crippen LogP contribution in [-0.2, 0) is 23.7 Å². The lowest BCUT2D eigenvalue weighted by atomic mass is 9.71. The van der Waals surface area contributed by atoms with Crippen LogP contribution in [0.5, 0.6) is 0 Å². The normalized spacial score (nSPS) is 57.4. The molecular formula is C19H23NO5. The smallest absolute Gasteiger partial charge is 0.343 e. The molecule has 6 heteroatoms. The summed E-state index contributed by atoms with van der Waals surface area (Å²) >= 11 is 0. The van der Waals surface area contributed by atoms with Crippen molar-refractivity contribution in [3.05, 3.63) is 22.9 Å². The maximum atomic E-state index is 12.1. The molecule has 1 spiro atoms. The predicted molar refractivity (Wildman–Crippen MR) is 85.8 cm³/mol. The molecule has 0 radical (unpaired) electrons. The molecule has 6 aliphatic heterocycles.